The molecule has 0 aromatic heterocycles. The van der Waals surface area contributed by atoms with Gasteiger partial charge in [0, 0.05) is 0 Å². The fourth-order valence-corrected chi connectivity index (χ4v) is 5.08. The first kappa shape index (κ1) is 14.0. The zero-order chi connectivity index (χ0) is 12.4. The van der Waals surface area contributed by atoms with Crippen LogP contribution in [0.3, 0.4) is 0 Å². The highest BCUT2D eigenvalue weighted by Gasteiger charge is 2.19. The lowest BCUT2D eigenvalue weighted by Crippen LogP contribution is -2.21. The van der Waals surface area contributed by atoms with Crippen LogP contribution >= 0.6 is 0 Å². The van der Waals surface area contributed by atoms with Gasteiger partial charge in [-0.15, -0.1) is 0 Å². The maximum absolute atomic E-state index is 2.64. The number of rotatable bonds is 2. The molecule has 0 aromatic rings. The van der Waals surface area contributed by atoms with Crippen LogP contribution in [0.4, 0.5) is 0 Å². The third-order valence-electron chi connectivity index (χ3n) is 2.77. The first-order valence-electron chi connectivity index (χ1n) is 6.61. The van der Waals surface area contributed by atoms with E-state index in [0.717, 1.165) is 0 Å². The normalized spacial score (nSPS) is 24.1. The Morgan fingerprint density at radius 3 is 1.25 bits per heavy atom. The zero-order valence-electron chi connectivity index (χ0n) is 12.0. The Labute approximate surface area is 104 Å². The SMILES string of the molecule is C[Si](C)(C)/C=C1/CCCC/C1=C\[Si](C)(C)C. The molecule has 0 amide bonds. The summed E-state index contributed by atoms with van der Waals surface area (Å²) in [6.45, 7) is 14.7. The maximum Gasteiger partial charge on any atom is 0.0690 e. The molecular formula is C14H28Si2. The Balaban J connectivity index is 2.97. The van der Waals surface area contributed by atoms with E-state index in [9.17, 15) is 0 Å². The summed E-state index contributed by atoms with van der Waals surface area (Å²) < 4.78 is 0. The van der Waals surface area contributed by atoms with Crippen molar-refractivity contribution < 1.29 is 0 Å². The molecule has 1 fully saturated rings. The van der Waals surface area contributed by atoms with Crippen molar-refractivity contribution >= 4 is 16.1 Å². The van der Waals surface area contributed by atoms with Crippen LogP contribution in [0.15, 0.2) is 22.5 Å². The molecule has 1 aliphatic rings. The third kappa shape index (κ3) is 5.31. The standard InChI is InChI=1S/C14H28Si2/c1-15(2,3)11-13-9-7-8-10-14(13)12-16(4,5)6/h11-12H,7-10H2,1-6H3/b13-11-,14-12+. The zero-order valence-corrected chi connectivity index (χ0v) is 14.0. The van der Waals surface area contributed by atoms with Gasteiger partial charge in [0.1, 0.15) is 0 Å². The minimum Gasteiger partial charge on any atom is -0.0916 e. The second kappa shape index (κ2) is 5.05. The average Bonchev–Trinajstić information content (AvgIpc) is 2.03. The lowest BCUT2D eigenvalue weighted by molar-refractivity contribution is 0.680. The van der Waals surface area contributed by atoms with Crippen molar-refractivity contribution in [1.29, 1.82) is 0 Å². The molecule has 1 aliphatic carbocycles. The van der Waals surface area contributed by atoms with Gasteiger partial charge in [-0.1, -0.05) is 61.8 Å². The topological polar surface area (TPSA) is 0 Å². The van der Waals surface area contributed by atoms with Crippen molar-refractivity contribution in [2.75, 3.05) is 0 Å². The monoisotopic (exact) mass is 252 g/mol. The maximum atomic E-state index is 2.64. The van der Waals surface area contributed by atoms with Crippen LogP contribution in [0, 0.1) is 0 Å². The van der Waals surface area contributed by atoms with Gasteiger partial charge in [0.2, 0.25) is 0 Å². The van der Waals surface area contributed by atoms with E-state index in [1.807, 2.05) is 0 Å². The van der Waals surface area contributed by atoms with E-state index in [4.69, 9.17) is 0 Å². The van der Waals surface area contributed by atoms with Crippen LogP contribution in [-0.2, 0) is 0 Å². The third-order valence-corrected chi connectivity index (χ3v) is 5.20. The summed E-state index contributed by atoms with van der Waals surface area (Å²) in [5.74, 6) is 0. The fraction of sp³-hybridized carbons (Fsp3) is 0.714. The Bertz CT molecular complexity index is 266. The molecule has 0 atom stereocenters. The summed E-state index contributed by atoms with van der Waals surface area (Å²) in [6, 6.07) is 0. The summed E-state index contributed by atoms with van der Waals surface area (Å²) in [5.41, 5.74) is 8.68. The lowest BCUT2D eigenvalue weighted by atomic mass is 9.92. The predicted octanol–water partition coefficient (Wildman–Crippen LogP) is 5.17. The van der Waals surface area contributed by atoms with Crippen LogP contribution in [0.2, 0.25) is 39.3 Å². The van der Waals surface area contributed by atoms with Gasteiger partial charge in [-0.05, 0) is 25.7 Å². The molecule has 16 heavy (non-hydrogen) atoms. The van der Waals surface area contributed by atoms with Crippen molar-refractivity contribution in [3.63, 3.8) is 0 Å². The first-order valence-corrected chi connectivity index (χ1v) is 13.8. The highest BCUT2D eigenvalue weighted by atomic mass is 28.3. The molecule has 0 nitrogen and oxygen atoms in total. The molecule has 2 heteroatoms. The van der Waals surface area contributed by atoms with Crippen molar-refractivity contribution in [3.05, 3.63) is 22.5 Å². The van der Waals surface area contributed by atoms with E-state index in [1.54, 1.807) is 11.1 Å². The second-order valence-electron chi connectivity index (χ2n) is 7.28. The molecule has 0 bridgehead atoms. The largest absolute Gasteiger partial charge is 0.0916 e. The molecule has 0 radical (unpaired) electrons. The van der Waals surface area contributed by atoms with Crippen LogP contribution in [0.1, 0.15) is 25.7 Å². The van der Waals surface area contributed by atoms with E-state index in [2.05, 4.69) is 50.7 Å². The van der Waals surface area contributed by atoms with E-state index in [-0.39, 0.29) is 0 Å². The van der Waals surface area contributed by atoms with Gasteiger partial charge in [0.15, 0.2) is 0 Å². The van der Waals surface area contributed by atoms with Crippen molar-refractivity contribution in [1.82, 2.24) is 0 Å². The summed E-state index contributed by atoms with van der Waals surface area (Å²) >= 11 is 0. The van der Waals surface area contributed by atoms with Gasteiger partial charge in [-0.2, -0.15) is 0 Å². The minimum atomic E-state index is -1.05. The van der Waals surface area contributed by atoms with E-state index in [0.29, 0.717) is 0 Å². The van der Waals surface area contributed by atoms with Gasteiger partial charge in [-0.25, -0.2) is 0 Å². The smallest absolute Gasteiger partial charge is 0.0690 e. The Morgan fingerprint density at radius 2 is 1.00 bits per heavy atom. The number of allylic oxidation sites excluding steroid dienone is 2. The lowest BCUT2D eigenvalue weighted by Gasteiger charge is -2.24. The van der Waals surface area contributed by atoms with Crippen molar-refractivity contribution in [3.8, 4) is 0 Å². The summed E-state index contributed by atoms with van der Waals surface area (Å²) in [5, 5.41) is 0. The fourth-order valence-electron chi connectivity index (χ4n) is 2.33. The quantitative estimate of drug-likeness (QED) is 0.595. The molecule has 0 aromatic carbocycles. The van der Waals surface area contributed by atoms with Gasteiger partial charge >= 0.3 is 0 Å². The Hall–Kier alpha value is -0.0862. The molecule has 0 unspecified atom stereocenters. The number of hydrogen-bond acceptors (Lipinski definition) is 0. The second-order valence-corrected chi connectivity index (χ2v) is 17.3. The van der Waals surface area contributed by atoms with E-state index >= 15 is 0 Å². The van der Waals surface area contributed by atoms with Gasteiger partial charge in [0.05, 0.1) is 16.1 Å². The molecule has 0 spiro atoms. The van der Waals surface area contributed by atoms with Crippen LogP contribution in [0.25, 0.3) is 0 Å². The molecule has 0 heterocycles. The molecule has 92 valence electrons. The molecule has 0 aliphatic heterocycles. The van der Waals surface area contributed by atoms with Gasteiger partial charge in [0.25, 0.3) is 0 Å². The Morgan fingerprint density at radius 1 is 0.688 bits per heavy atom. The molecular weight excluding hydrogens is 224 g/mol. The summed E-state index contributed by atoms with van der Waals surface area (Å²) in [7, 11) is -2.10. The number of hydrogen-bond donors (Lipinski definition) is 0. The van der Waals surface area contributed by atoms with Gasteiger partial charge in [-0.3, -0.25) is 0 Å². The van der Waals surface area contributed by atoms with Gasteiger partial charge < -0.3 is 0 Å². The summed E-state index contributed by atoms with van der Waals surface area (Å²) in [4.78, 5) is 0. The van der Waals surface area contributed by atoms with Crippen molar-refractivity contribution in [2.24, 2.45) is 0 Å². The van der Waals surface area contributed by atoms with Crippen molar-refractivity contribution in [2.45, 2.75) is 65.0 Å². The molecule has 1 rings (SSSR count). The minimum absolute atomic E-state index is 1.05. The highest BCUT2D eigenvalue weighted by molar-refractivity contribution is 6.82. The first-order chi connectivity index (χ1) is 7.17. The van der Waals surface area contributed by atoms with Crippen LogP contribution in [0.5, 0.6) is 0 Å². The van der Waals surface area contributed by atoms with E-state index in [1.165, 1.54) is 25.7 Å². The predicted molar refractivity (Wildman–Crippen MR) is 81.3 cm³/mol. The Kier molecular flexibility index (Phi) is 4.41. The molecule has 0 N–H and O–H groups in total. The highest BCUT2D eigenvalue weighted by Crippen LogP contribution is 2.31. The van der Waals surface area contributed by atoms with E-state index < -0.39 is 16.1 Å². The summed E-state index contributed by atoms with van der Waals surface area (Å²) in [6.07, 6.45) is 5.47. The molecule has 1 saturated carbocycles. The van der Waals surface area contributed by atoms with Crippen LogP contribution < -0.4 is 0 Å². The average molecular weight is 253 g/mol. The molecule has 0 saturated heterocycles. The van der Waals surface area contributed by atoms with Crippen LogP contribution in [-0.4, -0.2) is 16.1 Å².